The lowest BCUT2D eigenvalue weighted by molar-refractivity contribution is -0.133. The van der Waals surface area contributed by atoms with Crippen LogP contribution < -0.4 is 4.74 Å². The lowest BCUT2D eigenvalue weighted by Crippen LogP contribution is -2.34. The number of hydrogen-bond acceptors (Lipinski definition) is 2. The summed E-state index contributed by atoms with van der Waals surface area (Å²) in [6, 6.07) is 8.04. The summed E-state index contributed by atoms with van der Waals surface area (Å²) in [5.74, 6) is 1.50. The molecular formula is C18H25NO2. The highest BCUT2D eigenvalue weighted by Gasteiger charge is 2.23. The molecule has 0 radical (unpaired) electrons. The van der Waals surface area contributed by atoms with Gasteiger partial charge in [0.05, 0.1) is 13.2 Å². The minimum absolute atomic E-state index is 0.0722. The van der Waals surface area contributed by atoms with Crippen molar-refractivity contribution >= 4 is 5.91 Å². The number of nitrogens with zero attached hydrogens (tertiary/aromatic N) is 1. The van der Waals surface area contributed by atoms with E-state index in [0.717, 1.165) is 30.7 Å². The quantitative estimate of drug-likeness (QED) is 0.741. The number of carbonyl (C=O) groups excluding carboxylic acids is 1. The first-order chi connectivity index (χ1) is 10.2. The lowest BCUT2D eigenvalue weighted by Gasteiger charge is -2.29. The van der Waals surface area contributed by atoms with E-state index in [1.165, 1.54) is 0 Å². The highest BCUT2D eigenvalue weighted by atomic mass is 16.5. The van der Waals surface area contributed by atoms with E-state index in [1.807, 2.05) is 30.0 Å². The molecule has 0 N–H and O–H groups in total. The molecule has 21 heavy (non-hydrogen) atoms. The van der Waals surface area contributed by atoms with Gasteiger partial charge in [-0.05, 0) is 50.3 Å². The second kappa shape index (κ2) is 7.30. The molecule has 2 rings (SSSR count). The zero-order chi connectivity index (χ0) is 15.2. The topological polar surface area (TPSA) is 29.5 Å². The van der Waals surface area contributed by atoms with Crippen molar-refractivity contribution in [3.63, 3.8) is 0 Å². The van der Waals surface area contributed by atoms with Crippen LogP contribution in [0, 0.1) is 5.92 Å². The summed E-state index contributed by atoms with van der Waals surface area (Å²) in [6.45, 7) is 4.85. The molecule has 0 aromatic heterocycles. The number of rotatable bonds is 6. The molecule has 0 saturated carbocycles. The van der Waals surface area contributed by atoms with Crippen molar-refractivity contribution in [3.05, 3.63) is 42.0 Å². The van der Waals surface area contributed by atoms with Crippen LogP contribution in [0.3, 0.4) is 0 Å². The minimum Gasteiger partial charge on any atom is -0.497 e. The Labute approximate surface area is 127 Å². The van der Waals surface area contributed by atoms with Crippen LogP contribution in [0.4, 0.5) is 0 Å². The van der Waals surface area contributed by atoms with Crippen molar-refractivity contribution in [1.29, 1.82) is 0 Å². The van der Waals surface area contributed by atoms with E-state index in [-0.39, 0.29) is 11.9 Å². The van der Waals surface area contributed by atoms with Crippen LogP contribution in [0.25, 0.3) is 0 Å². The molecule has 2 atom stereocenters. The normalized spacial score (nSPS) is 18.5. The predicted molar refractivity (Wildman–Crippen MR) is 85.3 cm³/mol. The lowest BCUT2D eigenvalue weighted by atomic mass is 10.0. The van der Waals surface area contributed by atoms with Crippen LogP contribution in [0.5, 0.6) is 5.75 Å². The zero-order valence-corrected chi connectivity index (χ0v) is 13.2. The molecule has 0 heterocycles. The highest BCUT2D eigenvalue weighted by Crippen LogP contribution is 2.27. The Hall–Kier alpha value is -1.77. The van der Waals surface area contributed by atoms with Gasteiger partial charge in [-0.2, -0.15) is 0 Å². The maximum Gasteiger partial charge on any atom is 0.223 e. The van der Waals surface area contributed by atoms with E-state index < -0.39 is 0 Å². The largest absolute Gasteiger partial charge is 0.497 e. The maximum absolute atomic E-state index is 12.6. The van der Waals surface area contributed by atoms with Gasteiger partial charge in [0, 0.05) is 13.0 Å². The second-order valence-electron chi connectivity index (χ2n) is 5.60. The van der Waals surface area contributed by atoms with E-state index in [4.69, 9.17) is 4.74 Å². The molecule has 0 fully saturated rings. The molecule has 0 aliphatic heterocycles. The summed E-state index contributed by atoms with van der Waals surface area (Å²) in [5.41, 5.74) is 1.12. The van der Waals surface area contributed by atoms with E-state index in [9.17, 15) is 4.79 Å². The van der Waals surface area contributed by atoms with Crippen molar-refractivity contribution in [3.8, 4) is 5.75 Å². The standard InChI is InChI=1S/C18H25NO2/c1-4-19(18(20)12-15-8-5-6-9-15)14(2)16-10-7-11-17(13-16)21-3/h5,7-8,10-11,13-15H,4,6,9,12H2,1-3H3. The third-order valence-electron chi connectivity index (χ3n) is 4.25. The molecule has 2 unspecified atom stereocenters. The van der Waals surface area contributed by atoms with Gasteiger partial charge in [0.1, 0.15) is 5.75 Å². The molecule has 1 aliphatic carbocycles. The van der Waals surface area contributed by atoms with Crippen molar-refractivity contribution in [2.75, 3.05) is 13.7 Å². The maximum atomic E-state index is 12.6. The predicted octanol–water partition coefficient (Wildman–Crippen LogP) is 3.96. The fraction of sp³-hybridized carbons (Fsp3) is 0.500. The van der Waals surface area contributed by atoms with Gasteiger partial charge in [-0.15, -0.1) is 0 Å². The monoisotopic (exact) mass is 287 g/mol. The van der Waals surface area contributed by atoms with Gasteiger partial charge in [-0.25, -0.2) is 0 Å². The molecule has 3 nitrogen and oxygen atoms in total. The third kappa shape index (κ3) is 3.87. The first kappa shape index (κ1) is 15.6. The summed E-state index contributed by atoms with van der Waals surface area (Å²) in [7, 11) is 1.67. The van der Waals surface area contributed by atoms with Crippen LogP contribution in [0.15, 0.2) is 36.4 Å². The van der Waals surface area contributed by atoms with Crippen LogP contribution >= 0.6 is 0 Å². The number of methoxy groups -OCH3 is 1. The average molecular weight is 287 g/mol. The molecule has 0 bridgehead atoms. The number of ether oxygens (including phenoxy) is 1. The Morgan fingerprint density at radius 2 is 2.29 bits per heavy atom. The second-order valence-corrected chi connectivity index (χ2v) is 5.60. The molecule has 1 aromatic rings. The van der Waals surface area contributed by atoms with Gasteiger partial charge in [-0.3, -0.25) is 4.79 Å². The fourth-order valence-electron chi connectivity index (χ4n) is 2.95. The molecule has 0 saturated heterocycles. The fourth-order valence-corrected chi connectivity index (χ4v) is 2.95. The number of allylic oxidation sites excluding steroid dienone is 2. The molecule has 1 amide bonds. The van der Waals surface area contributed by atoms with Crippen molar-refractivity contribution in [1.82, 2.24) is 4.90 Å². The Balaban J connectivity index is 2.07. The van der Waals surface area contributed by atoms with Gasteiger partial charge in [-0.1, -0.05) is 24.3 Å². The molecule has 1 aromatic carbocycles. The molecular weight excluding hydrogens is 262 g/mol. The van der Waals surface area contributed by atoms with Gasteiger partial charge >= 0.3 is 0 Å². The summed E-state index contributed by atoms with van der Waals surface area (Å²) in [5, 5.41) is 0. The van der Waals surface area contributed by atoms with Gasteiger partial charge in [0.25, 0.3) is 0 Å². The Bertz CT molecular complexity index is 510. The van der Waals surface area contributed by atoms with Gasteiger partial charge < -0.3 is 9.64 Å². The van der Waals surface area contributed by atoms with Gasteiger partial charge in [0.15, 0.2) is 0 Å². The van der Waals surface area contributed by atoms with Crippen LogP contribution in [0.1, 0.15) is 44.7 Å². The van der Waals surface area contributed by atoms with E-state index in [1.54, 1.807) is 7.11 Å². The average Bonchev–Trinajstić information content (AvgIpc) is 3.00. The Morgan fingerprint density at radius 3 is 2.90 bits per heavy atom. The molecule has 3 heteroatoms. The smallest absolute Gasteiger partial charge is 0.223 e. The Kier molecular flexibility index (Phi) is 5.43. The first-order valence-electron chi connectivity index (χ1n) is 7.75. The first-order valence-corrected chi connectivity index (χ1v) is 7.75. The summed E-state index contributed by atoms with van der Waals surface area (Å²) in [4.78, 5) is 14.5. The number of benzene rings is 1. The van der Waals surface area contributed by atoms with E-state index in [0.29, 0.717) is 12.3 Å². The molecule has 0 spiro atoms. The van der Waals surface area contributed by atoms with Crippen LogP contribution in [0.2, 0.25) is 0 Å². The number of hydrogen-bond donors (Lipinski definition) is 0. The summed E-state index contributed by atoms with van der Waals surface area (Å²) < 4.78 is 5.27. The van der Waals surface area contributed by atoms with Crippen LogP contribution in [-0.4, -0.2) is 24.5 Å². The van der Waals surface area contributed by atoms with Crippen molar-refractivity contribution < 1.29 is 9.53 Å². The molecule has 1 aliphatic rings. The number of carbonyl (C=O) groups is 1. The minimum atomic E-state index is 0.0722. The third-order valence-corrected chi connectivity index (χ3v) is 4.25. The summed E-state index contributed by atoms with van der Waals surface area (Å²) in [6.07, 6.45) is 7.20. The van der Waals surface area contributed by atoms with Gasteiger partial charge in [0.2, 0.25) is 5.91 Å². The highest BCUT2D eigenvalue weighted by molar-refractivity contribution is 5.77. The number of amides is 1. The van der Waals surface area contributed by atoms with E-state index >= 15 is 0 Å². The molecule has 114 valence electrons. The zero-order valence-electron chi connectivity index (χ0n) is 13.2. The van der Waals surface area contributed by atoms with Crippen molar-refractivity contribution in [2.45, 2.75) is 39.2 Å². The van der Waals surface area contributed by atoms with Crippen molar-refractivity contribution in [2.24, 2.45) is 5.92 Å². The Morgan fingerprint density at radius 1 is 1.48 bits per heavy atom. The summed E-state index contributed by atoms with van der Waals surface area (Å²) >= 11 is 0. The SMILES string of the molecule is CCN(C(=O)CC1C=CCC1)C(C)c1cccc(OC)c1. The van der Waals surface area contributed by atoms with Crippen LogP contribution in [-0.2, 0) is 4.79 Å². The van der Waals surface area contributed by atoms with E-state index in [2.05, 4.69) is 25.1 Å².